The topological polar surface area (TPSA) is 51.8 Å². The maximum Gasteiger partial charge on any atom is 0.150 e. The number of nitrogens with two attached hydrogens (primary N) is 1. The van der Waals surface area contributed by atoms with E-state index in [1.807, 2.05) is 48.5 Å². The number of aromatic nitrogens is 2. The molecule has 1 atom stereocenters. The molecular weight excluding hydrogens is 301 g/mol. The molecule has 2 aromatic heterocycles. The van der Waals surface area contributed by atoms with E-state index >= 15 is 0 Å². The Kier molecular flexibility index (Phi) is 3.58. The van der Waals surface area contributed by atoms with Gasteiger partial charge in [0.15, 0.2) is 5.82 Å². The molecular formula is C20H16FN3. The molecule has 0 aliphatic carbocycles. The number of hydrogen-bond donors (Lipinski definition) is 1. The van der Waals surface area contributed by atoms with E-state index in [2.05, 4.69) is 9.97 Å². The van der Waals surface area contributed by atoms with Gasteiger partial charge in [0.05, 0.1) is 5.52 Å². The summed E-state index contributed by atoms with van der Waals surface area (Å²) in [4.78, 5) is 8.81. The van der Waals surface area contributed by atoms with Gasteiger partial charge in [0.2, 0.25) is 0 Å². The van der Waals surface area contributed by atoms with E-state index in [0.717, 1.165) is 21.9 Å². The zero-order valence-corrected chi connectivity index (χ0v) is 13.0. The van der Waals surface area contributed by atoms with E-state index < -0.39 is 6.17 Å². The standard InChI is InChI=1S/C20H16FN3/c21-17(14-6-2-1-3-7-14)11-13-10-16-15-8-4-5-9-18(15)24-20(22)19(16)23-12-13/h1-10,12,17H,11H2,(H2,22,24). The normalized spacial score (nSPS) is 12.5. The Morgan fingerprint density at radius 2 is 1.71 bits per heavy atom. The lowest BCUT2D eigenvalue weighted by atomic mass is 10.0. The van der Waals surface area contributed by atoms with Crippen molar-refractivity contribution in [1.29, 1.82) is 0 Å². The molecule has 4 heteroatoms. The Bertz CT molecular complexity index is 1020. The van der Waals surface area contributed by atoms with Crippen molar-refractivity contribution in [3.8, 4) is 0 Å². The zero-order valence-electron chi connectivity index (χ0n) is 13.0. The molecule has 0 aliphatic rings. The van der Waals surface area contributed by atoms with Gasteiger partial charge in [-0.15, -0.1) is 0 Å². The third-order valence-electron chi connectivity index (χ3n) is 4.20. The second-order valence-electron chi connectivity index (χ2n) is 5.84. The quantitative estimate of drug-likeness (QED) is 0.561. The highest BCUT2D eigenvalue weighted by molar-refractivity contribution is 6.08. The summed E-state index contributed by atoms with van der Waals surface area (Å²) < 4.78 is 14.5. The lowest BCUT2D eigenvalue weighted by Crippen LogP contribution is -2.00. The number of benzene rings is 2. The van der Waals surface area contributed by atoms with Crippen molar-refractivity contribution in [3.05, 3.63) is 78.0 Å². The molecule has 2 heterocycles. The molecule has 24 heavy (non-hydrogen) atoms. The van der Waals surface area contributed by atoms with Gasteiger partial charge in [-0.2, -0.15) is 0 Å². The van der Waals surface area contributed by atoms with E-state index in [1.165, 1.54) is 0 Å². The van der Waals surface area contributed by atoms with E-state index in [9.17, 15) is 4.39 Å². The predicted molar refractivity (Wildman–Crippen MR) is 95.5 cm³/mol. The van der Waals surface area contributed by atoms with E-state index in [4.69, 9.17) is 5.73 Å². The van der Waals surface area contributed by atoms with E-state index in [-0.39, 0.29) is 6.42 Å². The zero-order chi connectivity index (χ0) is 16.5. The van der Waals surface area contributed by atoms with Crippen molar-refractivity contribution >= 4 is 27.6 Å². The Morgan fingerprint density at radius 1 is 0.958 bits per heavy atom. The summed E-state index contributed by atoms with van der Waals surface area (Å²) >= 11 is 0. The van der Waals surface area contributed by atoms with Gasteiger partial charge >= 0.3 is 0 Å². The minimum atomic E-state index is -1.06. The summed E-state index contributed by atoms with van der Waals surface area (Å²) in [6.45, 7) is 0. The third-order valence-corrected chi connectivity index (χ3v) is 4.20. The van der Waals surface area contributed by atoms with Gasteiger partial charge in [0, 0.05) is 23.4 Å². The Balaban J connectivity index is 1.79. The molecule has 1 unspecified atom stereocenters. The highest BCUT2D eigenvalue weighted by atomic mass is 19.1. The smallest absolute Gasteiger partial charge is 0.150 e. The number of para-hydroxylation sites is 1. The highest BCUT2D eigenvalue weighted by Gasteiger charge is 2.13. The van der Waals surface area contributed by atoms with Gasteiger partial charge in [0.25, 0.3) is 0 Å². The van der Waals surface area contributed by atoms with Crippen molar-refractivity contribution < 1.29 is 4.39 Å². The predicted octanol–water partition coefficient (Wildman–Crippen LogP) is 4.62. The number of rotatable bonds is 3. The van der Waals surface area contributed by atoms with Gasteiger partial charge in [0.1, 0.15) is 11.7 Å². The fraction of sp³-hybridized carbons (Fsp3) is 0.100. The SMILES string of the molecule is Nc1nc2ccccc2c2cc(CC(F)c3ccccc3)cnc12. The van der Waals surface area contributed by atoms with Crippen LogP contribution in [0.2, 0.25) is 0 Å². The van der Waals surface area contributed by atoms with E-state index in [1.54, 1.807) is 18.3 Å². The van der Waals surface area contributed by atoms with Crippen LogP contribution in [0.15, 0.2) is 66.9 Å². The first-order valence-corrected chi connectivity index (χ1v) is 7.84. The van der Waals surface area contributed by atoms with Crippen LogP contribution in [-0.4, -0.2) is 9.97 Å². The van der Waals surface area contributed by atoms with Crippen molar-refractivity contribution in [2.24, 2.45) is 0 Å². The highest BCUT2D eigenvalue weighted by Crippen LogP contribution is 2.29. The van der Waals surface area contributed by atoms with E-state index in [0.29, 0.717) is 16.9 Å². The molecule has 0 amide bonds. The molecule has 0 saturated carbocycles. The van der Waals surface area contributed by atoms with Gasteiger partial charge in [-0.3, -0.25) is 4.98 Å². The molecule has 0 saturated heterocycles. The molecule has 0 radical (unpaired) electrons. The average molecular weight is 317 g/mol. The van der Waals surface area contributed by atoms with Crippen LogP contribution in [0, 0.1) is 0 Å². The molecule has 0 spiro atoms. The van der Waals surface area contributed by atoms with Crippen LogP contribution in [0.3, 0.4) is 0 Å². The van der Waals surface area contributed by atoms with Crippen molar-refractivity contribution in [2.75, 3.05) is 5.73 Å². The molecule has 0 aliphatic heterocycles. The molecule has 4 aromatic rings. The Hall–Kier alpha value is -3.01. The monoisotopic (exact) mass is 317 g/mol. The number of hydrogen-bond acceptors (Lipinski definition) is 3. The summed E-state index contributed by atoms with van der Waals surface area (Å²) in [7, 11) is 0. The summed E-state index contributed by atoms with van der Waals surface area (Å²) in [5.41, 5.74) is 9.02. The third kappa shape index (κ3) is 2.56. The molecule has 2 aromatic carbocycles. The number of anilines is 1. The van der Waals surface area contributed by atoms with Gasteiger partial charge in [-0.1, -0.05) is 48.5 Å². The summed E-state index contributed by atoms with van der Waals surface area (Å²) in [6, 6.07) is 18.9. The maximum atomic E-state index is 14.5. The largest absolute Gasteiger partial charge is 0.382 e. The van der Waals surface area contributed by atoms with Gasteiger partial charge < -0.3 is 5.73 Å². The number of nitrogens with zero attached hydrogens (tertiary/aromatic N) is 2. The second kappa shape index (κ2) is 5.89. The van der Waals surface area contributed by atoms with Gasteiger partial charge in [-0.25, -0.2) is 9.37 Å². The molecule has 4 rings (SSSR count). The summed E-state index contributed by atoms with van der Waals surface area (Å²) in [5, 5.41) is 1.89. The second-order valence-corrected chi connectivity index (χ2v) is 5.84. The van der Waals surface area contributed by atoms with Crippen LogP contribution in [0.25, 0.3) is 21.8 Å². The first kappa shape index (κ1) is 14.6. The average Bonchev–Trinajstić information content (AvgIpc) is 2.62. The molecule has 118 valence electrons. The molecule has 2 N–H and O–H groups in total. The number of fused-ring (bicyclic) bond motifs is 3. The number of nitrogen functional groups attached to an aromatic ring is 1. The minimum absolute atomic E-state index is 0.281. The summed E-state index contributed by atoms with van der Waals surface area (Å²) in [6.07, 6.45) is 0.907. The van der Waals surface area contributed by atoms with Crippen molar-refractivity contribution in [2.45, 2.75) is 12.6 Å². The Labute approximate surface area is 139 Å². The fourth-order valence-corrected chi connectivity index (χ4v) is 3.00. The van der Waals surface area contributed by atoms with Crippen LogP contribution in [0.5, 0.6) is 0 Å². The van der Waals surface area contributed by atoms with Crippen molar-refractivity contribution in [3.63, 3.8) is 0 Å². The minimum Gasteiger partial charge on any atom is -0.382 e. The number of halogens is 1. The lowest BCUT2D eigenvalue weighted by molar-refractivity contribution is 0.342. The van der Waals surface area contributed by atoms with Crippen LogP contribution < -0.4 is 5.73 Å². The molecule has 0 bridgehead atoms. The molecule has 0 fully saturated rings. The van der Waals surface area contributed by atoms with Crippen molar-refractivity contribution in [1.82, 2.24) is 9.97 Å². The Morgan fingerprint density at radius 3 is 2.54 bits per heavy atom. The fourth-order valence-electron chi connectivity index (χ4n) is 3.00. The first-order chi connectivity index (χ1) is 11.7. The van der Waals surface area contributed by atoms with Crippen LogP contribution in [-0.2, 0) is 6.42 Å². The van der Waals surface area contributed by atoms with Crippen LogP contribution in [0.1, 0.15) is 17.3 Å². The number of pyridine rings is 2. The lowest BCUT2D eigenvalue weighted by Gasteiger charge is -2.11. The van der Waals surface area contributed by atoms with Crippen LogP contribution >= 0.6 is 0 Å². The van der Waals surface area contributed by atoms with Gasteiger partial charge in [-0.05, 0) is 23.3 Å². The first-order valence-electron chi connectivity index (χ1n) is 7.84. The van der Waals surface area contributed by atoms with Crippen LogP contribution in [0.4, 0.5) is 10.2 Å². The maximum absolute atomic E-state index is 14.5. The molecule has 3 nitrogen and oxygen atoms in total. The summed E-state index contributed by atoms with van der Waals surface area (Å²) in [5.74, 6) is 0.398. The number of alkyl halides is 1.